The number of hydrogen-bond donors (Lipinski definition) is 2. The van der Waals surface area contributed by atoms with Gasteiger partial charge >= 0.3 is 5.97 Å². The number of piperidine rings is 1. The highest BCUT2D eigenvalue weighted by Crippen LogP contribution is 2.26. The monoisotopic (exact) mass is 263 g/mol. The molecule has 3 N–H and O–H groups in total. The molecule has 0 aromatic carbocycles. The molecule has 0 saturated carbocycles. The largest absolute Gasteiger partial charge is 0.478 e. The van der Waals surface area contributed by atoms with Crippen LogP contribution in [0.25, 0.3) is 0 Å². The average molecular weight is 263 g/mol. The van der Waals surface area contributed by atoms with E-state index in [-0.39, 0.29) is 17.4 Å². The van der Waals surface area contributed by atoms with Crippen molar-refractivity contribution in [2.45, 2.75) is 19.8 Å². The quantitative estimate of drug-likeness (QED) is 0.840. The second-order valence-corrected chi connectivity index (χ2v) is 4.84. The first kappa shape index (κ1) is 13.3. The van der Waals surface area contributed by atoms with E-state index < -0.39 is 5.97 Å². The number of aromatic carboxylic acids is 1. The molecule has 1 amide bonds. The van der Waals surface area contributed by atoms with Gasteiger partial charge in [-0.15, -0.1) is 0 Å². The number of anilines is 1. The number of hydrogen-bond acceptors (Lipinski definition) is 4. The molecular formula is C13H17N3O3. The summed E-state index contributed by atoms with van der Waals surface area (Å²) in [4.78, 5) is 28.4. The minimum absolute atomic E-state index is 0.163. The number of nitrogens with zero attached hydrogens (tertiary/aromatic N) is 2. The van der Waals surface area contributed by atoms with E-state index in [0.717, 1.165) is 25.1 Å². The Morgan fingerprint density at radius 1 is 1.53 bits per heavy atom. The van der Waals surface area contributed by atoms with E-state index in [4.69, 9.17) is 5.73 Å². The second-order valence-electron chi connectivity index (χ2n) is 4.84. The second kappa shape index (κ2) is 5.26. The third-order valence-electron chi connectivity index (χ3n) is 3.41. The predicted molar refractivity (Wildman–Crippen MR) is 70.1 cm³/mol. The highest BCUT2D eigenvalue weighted by molar-refractivity contribution is 5.94. The third-order valence-corrected chi connectivity index (χ3v) is 3.41. The summed E-state index contributed by atoms with van der Waals surface area (Å²) in [7, 11) is 0. The minimum Gasteiger partial charge on any atom is -0.478 e. The normalized spacial score (nSPS) is 19.2. The number of amides is 1. The molecule has 102 valence electrons. The fourth-order valence-corrected chi connectivity index (χ4v) is 2.40. The van der Waals surface area contributed by atoms with Crippen LogP contribution in [0.15, 0.2) is 12.3 Å². The molecule has 1 aromatic rings. The number of nitrogens with two attached hydrogens (primary N) is 1. The zero-order valence-corrected chi connectivity index (χ0v) is 10.8. The SMILES string of the molecule is Cc1cc(N2CCCC(C(N)=O)C2)c(C(=O)O)cn1. The molecular weight excluding hydrogens is 246 g/mol. The van der Waals surface area contributed by atoms with Gasteiger partial charge in [-0.05, 0) is 25.8 Å². The summed E-state index contributed by atoms with van der Waals surface area (Å²) in [6, 6.07) is 1.74. The highest BCUT2D eigenvalue weighted by Gasteiger charge is 2.26. The van der Waals surface area contributed by atoms with Gasteiger partial charge in [-0.2, -0.15) is 0 Å². The van der Waals surface area contributed by atoms with Crippen LogP contribution >= 0.6 is 0 Å². The fraction of sp³-hybridized carbons (Fsp3) is 0.462. The zero-order valence-electron chi connectivity index (χ0n) is 10.8. The van der Waals surface area contributed by atoms with E-state index in [1.54, 1.807) is 6.07 Å². The molecule has 1 aromatic heterocycles. The van der Waals surface area contributed by atoms with Crippen molar-refractivity contribution in [3.8, 4) is 0 Å². The van der Waals surface area contributed by atoms with Crippen LogP contribution in [0.5, 0.6) is 0 Å². The number of rotatable bonds is 3. The smallest absolute Gasteiger partial charge is 0.339 e. The number of carboxylic acid groups (broad SMARTS) is 1. The van der Waals surface area contributed by atoms with Crippen LogP contribution in [0.1, 0.15) is 28.9 Å². The fourth-order valence-electron chi connectivity index (χ4n) is 2.40. The maximum Gasteiger partial charge on any atom is 0.339 e. The van der Waals surface area contributed by atoms with Gasteiger partial charge < -0.3 is 15.7 Å². The Bertz CT molecular complexity index is 516. The molecule has 0 aliphatic carbocycles. The summed E-state index contributed by atoms with van der Waals surface area (Å²) in [5, 5.41) is 9.20. The predicted octanol–water partition coefficient (Wildman–Crippen LogP) is 0.790. The molecule has 1 unspecified atom stereocenters. The Kier molecular flexibility index (Phi) is 3.69. The van der Waals surface area contributed by atoms with Crippen molar-refractivity contribution in [2.75, 3.05) is 18.0 Å². The number of aromatic nitrogens is 1. The molecule has 1 fully saturated rings. The van der Waals surface area contributed by atoms with Gasteiger partial charge in [0.25, 0.3) is 0 Å². The van der Waals surface area contributed by atoms with E-state index in [9.17, 15) is 14.7 Å². The molecule has 0 spiro atoms. The molecule has 1 aliphatic rings. The van der Waals surface area contributed by atoms with Crippen molar-refractivity contribution >= 4 is 17.6 Å². The Hall–Kier alpha value is -2.11. The van der Waals surface area contributed by atoms with Crippen molar-refractivity contribution < 1.29 is 14.7 Å². The summed E-state index contributed by atoms with van der Waals surface area (Å²) in [6.45, 7) is 3.01. The van der Waals surface area contributed by atoms with Gasteiger partial charge in [-0.1, -0.05) is 0 Å². The number of carbonyl (C=O) groups excluding carboxylic acids is 1. The zero-order chi connectivity index (χ0) is 14.0. The third kappa shape index (κ3) is 2.83. The molecule has 19 heavy (non-hydrogen) atoms. The van der Waals surface area contributed by atoms with Crippen LogP contribution in [0.4, 0.5) is 5.69 Å². The van der Waals surface area contributed by atoms with Crippen LogP contribution < -0.4 is 10.6 Å². The Balaban J connectivity index is 2.32. The lowest BCUT2D eigenvalue weighted by molar-refractivity contribution is -0.122. The molecule has 2 rings (SSSR count). The molecule has 1 atom stereocenters. The Morgan fingerprint density at radius 2 is 2.26 bits per heavy atom. The van der Waals surface area contributed by atoms with E-state index in [2.05, 4.69) is 4.98 Å². The molecule has 6 heteroatoms. The molecule has 0 bridgehead atoms. The summed E-state index contributed by atoms with van der Waals surface area (Å²) in [5.41, 5.74) is 6.87. The lowest BCUT2D eigenvalue weighted by atomic mass is 9.96. The van der Waals surface area contributed by atoms with Crippen molar-refractivity contribution in [3.63, 3.8) is 0 Å². The number of primary amides is 1. The standard InChI is InChI=1S/C13H17N3O3/c1-8-5-11(10(6-15-8)13(18)19)16-4-2-3-9(7-16)12(14)17/h5-6,9H,2-4,7H2,1H3,(H2,14,17)(H,18,19). The van der Waals surface area contributed by atoms with Crippen molar-refractivity contribution in [1.29, 1.82) is 0 Å². The first-order valence-corrected chi connectivity index (χ1v) is 6.23. The Morgan fingerprint density at radius 3 is 2.89 bits per heavy atom. The van der Waals surface area contributed by atoms with Crippen LogP contribution in [-0.2, 0) is 4.79 Å². The first-order valence-electron chi connectivity index (χ1n) is 6.23. The summed E-state index contributed by atoms with van der Waals surface area (Å²) < 4.78 is 0. The number of carbonyl (C=O) groups is 2. The van der Waals surface area contributed by atoms with E-state index in [1.165, 1.54) is 6.20 Å². The van der Waals surface area contributed by atoms with E-state index in [1.807, 2.05) is 11.8 Å². The molecule has 6 nitrogen and oxygen atoms in total. The number of aryl methyl sites for hydroxylation is 1. The van der Waals surface area contributed by atoms with Gasteiger partial charge in [0.05, 0.1) is 11.6 Å². The minimum atomic E-state index is -1.01. The van der Waals surface area contributed by atoms with Gasteiger partial charge in [0, 0.05) is 25.0 Å². The van der Waals surface area contributed by atoms with E-state index in [0.29, 0.717) is 12.2 Å². The number of pyridine rings is 1. The maximum atomic E-state index is 11.3. The van der Waals surface area contributed by atoms with Gasteiger partial charge in [-0.3, -0.25) is 9.78 Å². The van der Waals surface area contributed by atoms with Crippen LogP contribution in [0.3, 0.4) is 0 Å². The molecule has 0 radical (unpaired) electrons. The van der Waals surface area contributed by atoms with Crippen LogP contribution in [-0.4, -0.2) is 35.1 Å². The average Bonchev–Trinajstić information content (AvgIpc) is 2.38. The lowest BCUT2D eigenvalue weighted by Gasteiger charge is -2.33. The summed E-state index contributed by atoms with van der Waals surface area (Å²) in [6.07, 6.45) is 2.95. The van der Waals surface area contributed by atoms with E-state index >= 15 is 0 Å². The topological polar surface area (TPSA) is 96.5 Å². The van der Waals surface area contributed by atoms with Gasteiger partial charge in [0.15, 0.2) is 0 Å². The molecule has 1 aliphatic heterocycles. The van der Waals surface area contributed by atoms with Crippen molar-refractivity contribution in [2.24, 2.45) is 11.7 Å². The molecule has 1 saturated heterocycles. The van der Waals surface area contributed by atoms with Crippen molar-refractivity contribution in [3.05, 3.63) is 23.5 Å². The summed E-state index contributed by atoms with van der Waals surface area (Å²) in [5.74, 6) is -1.56. The van der Waals surface area contributed by atoms with Gasteiger partial charge in [0.2, 0.25) is 5.91 Å². The maximum absolute atomic E-state index is 11.3. The van der Waals surface area contributed by atoms with Crippen LogP contribution in [0, 0.1) is 12.8 Å². The highest BCUT2D eigenvalue weighted by atomic mass is 16.4. The molecule has 2 heterocycles. The van der Waals surface area contributed by atoms with Crippen LogP contribution in [0.2, 0.25) is 0 Å². The first-order chi connectivity index (χ1) is 8.99. The van der Waals surface area contributed by atoms with Gasteiger partial charge in [0.1, 0.15) is 5.56 Å². The van der Waals surface area contributed by atoms with Crippen molar-refractivity contribution in [1.82, 2.24) is 4.98 Å². The number of carboxylic acids is 1. The summed E-state index contributed by atoms with van der Waals surface area (Å²) >= 11 is 0. The Labute approximate surface area is 111 Å². The lowest BCUT2D eigenvalue weighted by Crippen LogP contribution is -2.41. The van der Waals surface area contributed by atoms with Gasteiger partial charge in [-0.25, -0.2) is 4.79 Å².